The average molecular weight is 270 g/mol. The third-order valence-corrected chi connectivity index (χ3v) is 2.49. The molecular formula is C14H16F2O3. The fourth-order valence-electron chi connectivity index (χ4n) is 1.54. The van der Waals surface area contributed by atoms with E-state index in [1.54, 1.807) is 7.11 Å². The first-order valence-corrected chi connectivity index (χ1v) is 5.81. The van der Waals surface area contributed by atoms with Gasteiger partial charge in [0.2, 0.25) is 0 Å². The average Bonchev–Trinajstić information content (AvgIpc) is 2.38. The first-order chi connectivity index (χ1) is 9.04. The summed E-state index contributed by atoms with van der Waals surface area (Å²) in [5.41, 5.74) is 0.878. The van der Waals surface area contributed by atoms with Gasteiger partial charge in [0.25, 0.3) is 0 Å². The number of alkyl halides is 2. The highest BCUT2D eigenvalue weighted by Gasteiger charge is 2.11. The van der Waals surface area contributed by atoms with Crippen molar-refractivity contribution in [2.24, 2.45) is 0 Å². The molecule has 3 nitrogen and oxygen atoms in total. The van der Waals surface area contributed by atoms with Crippen LogP contribution in [0.5, 0.6) is 5.75 Å². The van der Waals surface area contributed by atoms with Crippen molar-refractivity contribution in [3.63, 3.8) is 0 Å². The monoisotopic (exact) mass is 270 g/mol. The fourth-order valence-corrected chi connectivity index (χ4v) is 1.54. The van der Waals surface area contributed by atoms with Gasteiger partial charge >= 0.3 is 6.61 Å². The molecule has 0 aliphatic rings. The maximum absolute atomic E-state index is 12.0. The highest BCUT2D eigenvalue weighted by Crippen LogP contribution is 2.18. The van der Waals surface area contributed by atoms with Crippen molar-refractivity contribution in [1.29, 1.82) is 0 Å². The van der Waals surface area contributed by atoms with E-state index in [2.05, 4.69) is 11.3 Å². The van der Waals surface area contributed by atoms with E-state index in [0.717, 1.165) is 0 Å². The second-order valence-electron chi connectivity index (χ2n) is 3.93. The lowest BCUT2D eigenvalue weighted by Crippen LogP contribution is -2.05. The molecule has 0 aliphatic heterocycles. The minimum atomic E-state index is -2.87. The Bertz CT molecular complexity index is 427. The summed E-state index contributed by atoms with van der Waals surface area (Å²) in [6.45, 7) is 1.41. The van der Waals surface area contributed by atoms with Gasteiger partial charge in [-0.3, -0.25) is 4.79 Å². The Morgan fingerprint density at radius 2 is 1.95 bits per heavy atom. The summed E-state index contributed by atoms with van der Waals surface area (Å²) >= 11 is 0. The van der Waals surface area contributed by atoms with E-state index in [4.69, 9.17) is 4.74 Å². The van der Waals surface area contributed by atoms with Crippen LogP contribution in [0.1, 0.15) is 23.2 Å². The molecule has 0 unspecified atom stereocenters. The summed E-state index contributed by atoms with van der Waals surface area (Å²) in [7, 11) is 1.59. The Kier molecular flexibility index (Phi) is 6.15. The van der Waals surface area contributed by atoms with E-state index >= 15 is 0 Å². The molecule has 0 radical (unpaired) electrons. The first-order valence-electron chi connectivity index (χ1n) is 5.81. The van der Waals surface area contributed by atoms with Crippen molar-refractivity contribution >= 4 is 5.78 Å². The summed E-state index contributed by atoms with van der Waals surface area (Å²) in [6, 6.07) is 5.56. The normalized spacial score (nSPS) is 10.5. The van der Waals surface area contributed by atoms with E-state index in [-0.39, 0.29) is 11.5 Å². The Morgan fingerprint density at radius 3 is 2.47 bits per heavy atom. The number of hydrogen-bond acceptors (Lipinski definition) is 3. The first kappa shape index (κ1) is 15.3. The number of ketones is 1. The zero-order valence-corrected chi connectivity index (χ0v) is 10.7. The number of hydrogen-bond donors (Lipinski definition) is 0. The van der Waals surface area contributed by atoms with E-state index in [0.29, 0.717) is 30.6 Å². The predicted octanol–water partition coefficient (Wildman–Crippen LogP) is 3.45. The lowest BCUT2D eigenvalue weighted by Gasteiger charge is -2.07. The molecular weight excluding hydrogens is 254 g/mol. The van der Waals surface area contributed by atoms with Gasteiger partial charge in [-0.1, -0.05) is 6.58 Å². The molecule has 0 atom stereocenters. The molecule has 1 aromatic carbocycles. The Hall–Kier alpha value is -1.75. The van der Waals surface area contributed by atoms with Gasteiger partial charge in [-0.2, -0.15) is 8.78 Å². The summed E-state index contributed by atoms with van der Waals surface area (Å²) < 4.78 is 33.0. The Morgan fingerprint density at radius 1 is 1.32 bits per heavy atom. The molecule has 0 saturated carbocycles. The molecule has 0 N–H and O–H groups in total. The molecule has 0 amide bonds. The fraction of sp³-hybridized carbons (Fsp3) is 0.357. The van der Waals surface area contributed by atoms with Gasteiger partial charge in [-0.25, -0.2) is 0 Å². The lowest BCUT2D eigenvalue weighted by molar-refractivity contribution is -0.0498. The van der Waals surface area contributed by atoms with Crippen LogP contribution >= 0.6 is 0 Å². The molecule has 0 spiro atoms. The minimum absolute atomic E-state index is 0.0246. The van der Waals surface area contributed by atoms with Crippen molar-refractivity contribution in [3.8, 4) is 5.75 Å². The van der Waals surface area contributed by atoms with Gasteiger partial charge in [-0.15, -0.1) is 0 Å². The van der Waals surface area contributed by atoms with Crippen molar-refractivity contribution in [3.05, 3.63) is 42.0 Å². The van der Waals surface area contributed by atoms with E-state index in [9.17, 15) is 13.6 Å². The molecule has 0 bridgehead atoms. The number of rotatable bonds is 8. The summed E-state index contributed by atoms with van der Waals surface area (Å²) in [4.78, 5) is 11.9. The number of carbonyl (C=O) groups excluding carboxylic acids is 1. The molecule has 0 saturated heterocycles. The Labute approximate surface area is 110 Å². The number of allylic oxidation sites excluding steroid dienone is 1. The molecule has 0 aliphatic carbocycles. The van der Waals surface area contributed by atoms with Crippen molar-refractivity contribution in [1.82, 2.24) is 0 Å². The van der Waals surface area contributed by atoms with Crippen molar-refractivity contribution < 1.29 is 23.0 Å². The van der Waals surface area contributed by atoms with Gasteiger partial charge in [0, 0.05) is 19.3 Å². The number of ether oxygens (including phenoxy) is 2. The number of Topliss-reactive ketones (excluding diaryl/α,β-unsaturated/α-hetero) is 1. The number of carbonyl (C=O) groups is 1. The van der Waals surface area contributed by atoms with Gasteiger partial charge in [0.15, 0.2) is 5.78 Å². The third-order valence-electron chi connectivity index (χ3n) is 2.49. The zero-order valence-electron chi connectivity index (χ0n) is 10.7. The van der Waals surface area contributed by atoms with Gasteiger partial charge in [0.05, 0.1) is 0 Å². The molecule has 0 fully saturated rings. The lowest BCUT2D eigenvalue weighted by atomic mass is 10.0. The van der Waals surface area contributed by atoms with Crippen LogP contribution in [0.25, 0.3) is 0 Å². The van der Waals surface area contributed by atoms with E-state index in [1.165, 1.54) is 24.3 Å². The second kappa shape index (κ2) is 7.63. The maximum Gasteiger partial charge on any atom is 0.387 e. The van der Waals surface area contributed by atoms with Crippen LogP contribution in [-0.2, 0) is 4.74 Å². The van der Waals surface area contributed by atoms with Crippen molar-refractivity contribution in [2.75, 3.05) is 13.7 Å². The highest BCUT2D eigenvalue weighted by atomic mass is 19.3. The summed E-state index contributed by atoms with van der Waals surface area (Å²) in [6.07, 6.45) is 1.26. The van der Waals surface area contributed by atoms with Gasteiger partial charge in [0.1, 0.15) is 5.75 Å². The van der Waals surface area contributed by atoms with Crippen LogP contribution in [0.2, 0.25) is 0 Å². The van der Waals surface area contributed by atoms with Gasteiger partial charge in [-0.05, 0) is 42.7 Å². The SMILES string of the molecule is C=C(CCCOC)C(=O)c1ccc(OC(F)F)cc1. The second-order valence-corrected chi connectivity index (χ2v) is 3.93. The van der Waals surface area contributed by atoms with E-state index in [1.807, 2.05) is 0 Å². The summed E-state index contributed by atoms with van der Waals surface area (Å²) in [5, 5.41) is 0. The van der Waals surface area contributed by atoms with Crippen LogP contribution in [0, 0.1) is 0 Å². The molecule has 1 aromatic rings. The predicted molar refractivity (Wildman–Crippen MR) is 67.7 cm³/mol. The highest BCUT2D eigenvalue weighted by molar-refractivity contribution is 6.08. The smallest absolute Gasteiger partial charge is 0.387 e. The molecule has 104 valence electrons. The van der Waals surface area contributed by atoms with Crippen LogP contribution < -0.4 is 4.74 Å². The Balaban J connectivity index is 2.59. The topological polar surface area (TPSA) is 35.5 Å². The summed E-state index contributed by atoms with van der Waals surface area (Å²) in [5.74, 6) is -0.170. The van der Waals surface area contributed by atoms with Crippen molar-refractivity contribution in [2.45, 2.75) is 19.5 Å². The number of halogens is 2. The third kappa shape index (κ3) is 5.18. The largest absolute Gasteiger partial charge is 0.435 e. The van der Waals surface area contributed by atoms with Crippen LogP contribution in [-0.4, -0.2) is 26.1 Å². The molecule has 19 heavy (non-hydrogen) atoms. The van der Waals surface area contributed by atoms with Crippen LogP contribution in [0.3, 0.4) is 0 Å². The standard InChI is InChI=1S/C14H16F2O3/c1-10(4-3-9-18-2)13(17)11-5-7-12(8-6-11)19-14(15)16/h5-8,14H,1,3-4,9H2,2H3. The number of benzene rings is 1. The molecule has 5 heteroatoms. The molecule has 0 heterocycles. The number of methoxy groups -OCH3 is 1. The molecule has 1 rings (SSSR count). The maximum atomic E-state index is 12.0. The zero-order chi connectivity index (χ0) is 14.3. The quantitative estimate of drug-likeness (QED) is 0.412. The van der Waals surface area contributed by atoms with Crippen LogP contribution in [0.15, 0.2) is 36.4 Å². The van der Waals surface area contributed by atoms with Gasteiger partial charge < -0.3 is 9.47 Å². The van der Waals surface area contributed by atoms with E-state index < -0.39 is 6.61 Å². The van der Waals surface area contributed by atoms with Crippen LogP contribution in [0.4, 0.5) is 8.78 Å². The molecule has 0 aromatic heterocycles. The minimum Gasteiger partial charge on any atom is -0.435 e.